The van der Waals surface area contributed by atoms with Crippen LogP contribution in [0.25, 0.3) is 0 Å². The molecule has 32 heavy (non-hydrogen) atoms. The van der Waals surface area contributed by atoms with Crippen LogP contribution >= 0.6 is 11.9 Å². The minimum Gasteiger partial charge on any atom is -0.388 e. The first-order chi connectivity index (χ1) is 15.1. The number of nitrogens with one attached hydrogen (secondary N) is 1. The number of hydrogen-bond acceptors (Lipinski definition) is 7. The number of amidine groups is 1. The molecule has 11 heteroatoms. The number of nitrogens with two attached hydrogens (primary N) is 2. The molecule has 0 atom stereocenters. The first-order valence-electron chi connectivity index (χ1n) is 10.0. The number of benzene rings is 2. The summed E-state index contributed by atoms with van der Waals surface area (Å²) >= 11 is 1.64. The van der Waals surface area contributed by atoms with Gasteiger partial charge >= 0.3 is 6.18 Å². The summed E-state index contributed by atoms with van der Waals surface area (Å²) in [5.41, 5.74) is 6.06. The van der Waals surface area contributed by atoms with Crippen molar-refractivity contribution in [2.75, 3.05) is 31.2 Å². The van der Waals surface area contributed by atoms with Crippen LogP contribution in [0.15, 0.2) is 53.6 Å². The zero-order valence-corrected chi connectivity index (χ0v) is 18.5. The molecule has 1 aliphatic rings. The molecule has 1 aliphatic heterocycles. The van der Waals surface area contributed by atoms with E-state index in [9.17, 15) is 18.3 Å². The van der Waals surface area contributed by atoms with E-state index in [1.807, 2.05) is 6.26 Å². The maximum absolute atomic E-state index is 12.8. The quantitative estimate of drug-likeness (QED) is 0.162. The van der Waals surface area contributed by atoms with Gasteiger partial charge in [0, 0.05) is 30.0 Å². The largest absolute Gasteiger partial charge is 0.416 e. The summed E-state index contributed by atoms with van der Waals surface area (Å²) in [6.45, 7) is 1.64. The minimum absolute atomic E-state index is 0.118. The molecule has 2 aromatic rings. The zero-order valence-electron chi connectivity index (χ0n) is 17.6. The average Bonchev–Trinajstić information content (AvgIpc) is 2.74. The van der Waals surface area contributed by atoms with Gasteiger partial charge in [0.25, 0.3) is 0 Å². The summed E-state index contributed by atoms with van der Waals surface area (Å²) in [6, 6.07) is 11.7. The average molecular weight is 469 g/mol. The predicted octanol–water partition coefficient (Wildman–Crippen LogP) is 3.35. The van der Waals surface area contributed by atoms with Gasteiger partial charge in [-0.2, -0.15) is 13.2 Å². The Hall–Kier alpha value is -2.47. The Morgan fingerprint density at radius 2 is 1.81 bits per heavy atom. The van der Waals surface area contributed by atoms with Crippen LogP contribution in [0.4, 0.5) is 24.5 Å². The number of hydrazine groups is 1. The molecule has 0 bridgehead atoms. The fraction of sp³-hybridized carbons (Fsp3) is 0.381. The molecule has 0 spiro atoms. The third kappa shape index (κ3) is 6.28. The van der Waals surface area contributed by atoms with E-state index in [4.69, 9.17) is 11.6 Å². The van der Waals surface area contributed by atoms with Crippen molar-refractivity contribution >= 4 is 29.2 Å². The number of rotatable bonds is 7. The van der Waals surface area contributed by atoms with Crippen molar-refractivity contribution in [1.29, 1.82) is 0 Å². The number of anilines is 2. The number of aliphatic hydroxyl groups is 1. The highest BCUT2D eigenvalue weighted by Gasteiger charge is 2.34. The van der Waals surface area contributed by atoms with Gasteiger partial charge in [-0.3, -0.25) is 4.31 Å². The van der Waals surface area contributed by atoms with E-state index in [1.165, 1.54) is 12.1 Å². The van der Waals surface area contributed by atoms with Crippen molar-refractivity contribution in [2.24, 2.45) is 16.7 Å². The van der Waals surface area contributed by atoms with Crippen LogP contribution in [0.1, 0.15) is 24.0 Å². The van der Waals surface area contributed by atoms with Gasteiger partial charge in [0.15, 0.2) is 5.84 Å². The Morgan fingerprint density at radius 1 is 1.19 bits per heavy atom. The van der Waals surface area contributed by atoms with Gasteiger partial charge in [0.2, 0.25) is 0 Å². The summed E-state index contributed by atoms with van der Waals surface area (Å²) in [5.74, 6) is 6.13. The molecular formula is C21H27F3N6OS. The number of hydrazone groups is 1. The van der Waals surface area contributed by atoms with Crippen LogP contribution in [0.5, 0.6) is 0 Å². The van der Waals surface area contributed by atoms with Crippen molar-refractivity contribution in [2.45, 2.75) is 24.6 Å². The smallest absolute Gasteiger partial charge is 0.388 e. The van der Waals surface area contributed by atoms with E-state index in [0.717, 1.165) is 30.3 Å². The SMILES string of the molecule is CSN1CCC(O)(CN(N)/N=C(\N)c2ccccc2Nc2ccc(C(F)(F)F)cc2)CC1. The third-order valence-electron chi connectivity index (χ3n) is 5.30. The standard InChI is InChI=1S/C21H27F3N6OS/c1-32-29-12-10-20(31,11-13-29)14-30(26)28-19(25)17-4-2-3-5-18(17)27-16-8-6-15(7-9-16)21(22,23)24/h2-9,27,31H,10-14,26H2,1H3,(H2,25,28). The fourth-order valence-electron chi connectivity index (χ4n) is 3.49. The summed E-state index contributed by atoms with van der Waals surface area (Å²) in [4.78, 5) is 0. The second-order valence-electron chi connectivity index (χ2n) is 7.66. The number of halogens is 3. The molecule has 1 heterocycles. The zero-order chi connectivity index (χ0) is 23.4. The van der Waals surface area contributed by atoms with Gasteiger partial charge in [-0.1, -0.05) is 24.1 Å². The Bertz CT molecular complexity index is 930. The lowest BCUT2D eigenvalue weighted by atomic mass is 9.92. The van der Waals surface area contributed by atoms with Gasteiger partial charge in [-0.05, 0) is 55.5 Å². The normalized spacial score (nSPS) is 17.2. The van der Waals surface area contributed by atoms with E-state index in [1.54, 1.807) is 36.2 Å². The Kier molecular flexibility index (Phi) is 7.55. The van der Waals surface area contributed by atoms with E-state index in [2.05, 4.69) is 14.7 Å². The van der Waals surface area contributed by atoms with E-state index < -0.39 is 17.3 Å². The molecule has 3 rings (SSSR count). The maximum Gasteiger partial charge on any atom is 0.416 e. The van der Waals surface area contributed by atoms with Crippen molar-refractivity contribution in [3.63, 3.8) is 0 Å². The molecule has 0 amide bonds. The minimum atomic E-state index is -4.39. The fourth-order valence-corrected chi connectivity index (χ4v) is 4.03. The summed E-state index contributed by atoms with van der Waals surface area (Å²) in [7, 11) is 0. The lowest BCUT2D eigenvalue weighted by Gasteiger charge is -2.38. The van der Waals surface area contributed by atoms with E-state index in [0.29, 0.717) is 29.8 Å². The molecule has 174 valence electrons. The van der Waals surface area contributed by atoms with Crippen LogP contribution < -0.4 is 16.9 Å². The number of hydrogen-bond donors (Lipinski definition) is 4. The molecule has 0 radical (unpaired) electrons. The van der Waals surface area contributed by atoms with Crippen molar-refractivity contribution in [1.82, 2.24) is 9.42 Å². The van der Waals surface area contributed by atoms with E-state index >= 15 is 0 Å². The topological polar surface area (TPSA) is 103 Å². The molecule has 0 unspecified atom stereocenters. The lowest BCUT2D eigenvalue weighted by Crippen LogP contribution is -2.50. The number of piperidine rings is 1. The first kappa shape index (κ1) is 24.2. The molecule has 2 aromatic carbocycles. The van der Waals surface area contributed by atoms with Crippen molar-refractivity contribution < 1.29 is 18.3 Å². The highest BCUT2D eigenvalue weighted by atomic mass is 32.2. The maximum atomic E-state index is 12.8. The van der Waals surface area contributed by atoms with Crippen molar-refractivity contribution in [3.05, 3.63) is 59.7 Å². The molecule has 0 aromatic heterocycles. The second-order valence-corrected chi connectivity index (χ2v) is 8.55. The highest BCUT2D eigenvalue weighted by molar-refractivity contribution is 7.96. The number of para-hydroxylation sites is 1. The summed E-state index contributed by atoms with van der Waals surface area (Å²) in [5, 5.41) is 19.2. The Labute approximate surface area is 189 Å². The monoisotopic (exact) mass is 468 g/mol. The van der Waals surface area contributed by atoms with Crippen molar-refractivity contribution in [3.8, 4) is 0 Å². The second kappa shape index (κ2) is 9.99. The molecule has 6 N–H and O–H groups in total. The van der Waals surface area contributed by atoms with Crippen LogP contribution in [0.2, 0.25) is 0 Å². The van der Waals surface area contributed by atoms with Gasteiger partial charge in [0.1, 0.15) is 0 Å². The Morgan fingerprint density at radius 3 is 2.41 bits per heavy atom. The van der Waals surface area contributed by atoms with Crippen LogP contribution in [0.3, 0.4) is 0 Å². The van der Waals surface area contributed by atoms with Crippen LogP contribution in [-0.4, -0.2) is 51.9 Å². The van der Waals surface area contributed by atoms with Gasteiger partial charge in [-0.15, -0.1) is 5.10 Å². The molecular weight excluding hydrogens is 441 g/mol. The Balaban J connectivity index is 1.70. The van der Waals surface area contributed by atoms with Gasteiger partial charge in [0.05, 0.1) is 17.7 Å². The highest BCUT2D eigenvalue weighted by Crippen LogP contribution is 2.31. The predicted molar refractivity (Wildman–Crippen MR) is 122 cm³/mol. The van der Waals surface area contributed by atoms with Crippen LogP contribution in [-0.2, 0) is 6.18 Å². The molecule has 1 fully saturated rings. The molecule has 0 aliphatic carbocycles. The summed E-state index contributed by atoms with van der Waals surface area (Å²) in [6.07, 6.45) is -1.25. The third-order valence-corrected chi connectivity index (χ3v) is 6.18. The molecule has 1 saturated heterocycles. The number of nitrogens with zero attached hydrogens (tertiary/aromatic N) is 3. The molecule has 7 nitrogen and oxygen atoms in total. The van der Waals surface area contributed by atoms with Gasteiger partial charge in [-0.25, -0.2) is 11.0 Å². The number of alkyl halides is 3. The van der Waals surface area contributed by atoms with Crippen LogP contribution in [0, 0.1) is 0 Å². The van der Waals surface area contributed by atoms with E-state index in [-0.39, 0.29) is 12.4 Å². The van der Waals surface area contributed by atoms with Gasteiger partial charge < -0.3 is 16.2 Å². The first-order valence-corrected chi connectivity index (χ1v) is 11.2. The summed E-state index contributed by atoms with van der Waals surface area (Å²) < 4.78 is 40.5. The lowest BCUT2D eigenvalue weighted by molar-refractivity contribution is -0.137. The molecule has 0 saturated carbocycles.